The molecule has 0 spiro atoms. The van der Waals surface area contributed by atoms with Crippen molar-refractivity contribution in [3.05, 3.63) is 29.3 Å². The van der Waals surface area contributed by atoms with Gasteiger partial charge in [0.05, 0.1) is 5.38 Å². The van der Waals surface area contributed by atoms with E-state index < -0.39 is 5.38 Å². The monoisotopic (exact) mass is 292 g/mol. The maximum absolute atomic E-state index is 11.6. The molecule has 1 aromatic rings. The average Bonchev–Trinajstić information content (AvgIpc) is 2.17. The molecular weight excluding hydrogens is 284 g/mol. The van der Waals surface area contributed by atoms with Crippen LogP contribution in [0.5, 0.6) is 0 Å². The van der Waals surface area contributed by atoms with Crippen molar-refractivity contribution in [2.75, 3.05) is 0 Å². The number of benzene rings is 1. The lowest BCUT2D eigenvalue weighted by atomic mass is 10.1. The number of Topliss-reactive ketones (excluding diaryl/α,β-unsaturated/α-hetero) is 1. The van der Waals surface area contributed by atoms with Crippen molar-refractivity contribution in [3.63, 3.8) is 0 Å². The zero-order chi connectivity index (χ0) is 10.7. The number of rotatable bonds is 3. The molecule has 76 valence electrons. The highest BCUT2D eigenvalue weighted by Gasteiger charge is 2.13. The summed E-state index contributed by atoms with van der Waals surface area (Å²) in [6.07, 6.45) is 0. The zero-order valence-electron chi connectivity index (χ0n) is 7.63. The summed E-state index contributed by atoms with van der Waals surface area (Å²) in [4.78, 5) is 12.4. The molecule has 0 aromatic heterocycles. The minimum atomic E-state index is -0.482. The first-order chi connectivity index (χ1) is 6.56. The van der Waals surface area contributed by atoms with Crippen LogP contribution in [0.1, 0.15) is 22.8 Å². The van der Waals surface area contributed by atoms with Gasteiger partial charge in [-0.3, -0.25) is 4.79 Å². The van der Waals surface area contributed by atoms with Crippen molar-refractivity contribution >= 4 is 45.9 Å². The number of hydrogen-bond acceptors (Lipinski definition) is 2. The van der Waals surface area contributed by atoms with Gasteiger partial charge in [0.25, 0.3) is 0 Å². The van der Waals surface area contributed by atoms with Gasteiger partial charge in [-0.1, -0.05) is 22.0 Å². The quantitative estimate of drug-likeness (QED) is 0.511. The van der Waals surface area contributed by atoms with Crippen molar-refractivity contribution in [3.8, 4) is 0 Å². The van der Waals surface area contributed by atoms with Crippen molar-refractivity contribution < 1.29 is 4.79 Å². The Morgan fingerprint density at radius 1 is 1.64 bits per heavy atom. The second-order valence-corrected chi connectivity index (χ2v) is 4.65. The number of carbonyl (C=O) groups is 1. The van der Waals surface area contributed by atoms with E-state index in [0.29, 0.717) is 10.9 Å². The number of thiol groups is 1. The Labute approximate surface area is 102 Å². The van der Waals surface area contributed by atoms with Gasteiger partial charge < -0.3 is 0 Å². The Kier molecular flexibility index (Phi) is 4.48. The van der Waals surface area contributed by atoms with Crippen LogP contribution < -0.4 is 0 Å². The van der Waals surface area contributed by atoms with Gasteiger partial charge in [0, 0.05) is 15.8 Å². The van der Waals surface area contributed by atoms with Gasteiger partial charge in [0.2, 0.25) is 0 Å². The second kappa shape index (κ2) is 5.19. The standard InChI is InChI=1S/C10H10BrClOS/c1-6(12)10(13)7-2-3-9(14)8(4-7)5-11/h2-4,6,14H,5H2,1H3. The third-order valence-corrected chi connectivity index (χ3v) is 3.11. The summed E-state index contributed by atoms with van der Waals surface area (Å²) < 4.78 is 0. The molecule has 0 bridgehead atoms. The molecule has 0 aliphatic heterocycles. The molecule has 1 atom stereocenters. The molecule has 0 heterocycles. The summed E-state index contributed by atoms with van der Waals surface area (Å²) >= 11 is 13.3. The van der Waals surface area contributed by atoms with Crippen LogP contribution >= 0.6 is 40.2 Å². The second-order valence-electron chi connectivity index (χ2n) is 2.96. The first kappa shape index (κ1) is 12.1. The van der Waals surface area contributed by atoms with Gasteiger partial charge in [-0.2, -0.15) is 0 Å². The highest BCUT2D eigenvalue weighted by molar-refractivity contribution is 9.08. The molecule has 1 aromatic carbocycles. The van der Waals surface area contributed by atoms with E-state index in [-0.39, 0.29) is 5.78 Å². The number of halogens is 2. The SMILES string of the molecule is CC(Cl)C(=O)c1ccc(S)c(CBr)c1. The summed E-state index contributed by atoms with van der Waals surface area (Å²) in [6.45, 7) is 1.67. The third kappa shape index (κ3) is 2.75. The predicted molar refractivity (Wildman–Crippen MR) is 66.0 cm³/mol. The zero-order valence-corrected chi connectivity index (χ0v) is 10.9. The molecular formula is C10H10BrClOS. The highest BCUT2D eigenvalue weighted by Crippen LogP contribution is 2.20. The largest absolute Gasteiger partial charge is 0.293 e. The van der Waals surface area contributed by atoms with Crippen LogP contribution in [0.25, 0.3) is 0 Å². The van der Waals surface area contributed by atoms with Crippen LogP contribution in [-0.2, 0) is 5.33 Å². The first-order valence-electron chi connectivity index (χ1n) is 4.12. The minimum absolute atomic E-state index is 0.0535. The lowest BCUT2D eigenvalue weighted by molar-refractivity contribution is 0.0991. The van der Waals surface area contributed by atoms with E-state index in [1.165, 1.54) is 0 Å². The van der Waals surface area contributed by atoms with E-state index in [4.69, 9.17) is 11.6 Å². The Hall–Kier alpha value is 0.01000. The van der Waals surface area contributed by atoms with Gasteiger partial charge in [-0.15, -0.1) is 24.2 Å². The van der Waals surface area contributed by atoms with Crippen LogP contribution in [0.4, 0.5) is 0 Å². The molecule has 0 aliphatic carbocycles. The molecule has 0 fully saturated rings. The third-order valence-electron chi connectivity index (χ3n) is 1.87. The van der Waals surface area contributed by atoms with E-state index in [0.717, 1.165) is 10.5 Å². The normalized spacial score (nSPS) is 12.6. The van der Waals surface area contributed by atoms with Gasteiger partial charge >= 0.3 is 0 Å². The fourth-order valence-electron chi connectivity index (χ4n) is 1.08. The predicted octanol–water partition coefficient (Wildman–Crippen LogP) is 3.68. The summed E-state index contributed by atoms with van der Waals surface area (Å²) in [6, 6.07) is 5.38. The molecule has 0 N–H and O–H groups in total. The summed E-state index contributed by atoms with van der Waals surface area (Å²) in [5, 5.41) is 0.202. The van der Waals surface area contributed by atoms with Gasteiger partial charge in [0.1, 0.15) is 0 Å². The molecule has 1 rings (SSSR count). The maximum atomic E-state index is 11.6. The minimum Gasteiger partial charge on any atom is -0.293 e. The topological polar surface area (TPSA) is 17.1 Å². The molecule has 4 heteroatoms. The van der Waals surface area contributed by atoms with Gasteiger partial charge in [-0.05, 0) is 24.6 Å². The van der Waals surface area contributed by atoms with E-state index >= 15 is 0 Å². The lowest BCUT2D eigenvalue weighted by Gasteiger charge is -2.06. The number of alkyl halides is 2. The van der Waals surface area contributed by atoms with Crippen molar-refractivity contribution in [2.24, 2.45) is 0 Å². The Morgan fingerprint density at radius 3 is 2.79 bits per heavy atom. The molecule has 14 heavy (non-hydrogen) atoms. The lowest BCUT2D eigenvalue weighted by Crippen LogP contribution is -2.10. The number of hydrogen-bond donors (Lipinski definition) is 1. The summed E-state index contributed by atoms with van der Waals surface area (Å²) in [7, 11) is 0. The fraction of sp³-hybridized carbons (Fsp3) is 0.300. The molecule has 1 unspecified atom stereocenters. The Morgan fingerprint density at radius 2 is 2.29 bits per heavy atom. The van der Waals surface area contributed by atoms with Crippen LogP contribution in [-0.4, -0.2) is 11.2 Å². The number of ketones is 1. The highest BCUT2D eigenvalue weighted by atomic mass is 79.9. The van der Waals surface area contributed by atoms with E-state index in [1.807, 2.05) is 12.1 Å². The molecule has 0 saturated heterocycles. The maximum Gasteiger partial charge on any atom is 0.180 e. The molecule has 0 saturated carbocycles. The average molecular weight is 294 g/mol. The molecule has 0 radical (unpaired) electrons. The van der Waals surface area contributed by atoms with Crippen LogP contribution in [0.15, 0.2) is 23.1 Å². The van der Waals surface area contributed by atoms with Crippen LogP contribution in [0, 0.1) is 0 Å². The van der Waals surface area contributed by atoms with Crippen molar-refractivity contribution in [2.45, 2.75) is 22.5 Å². The van der Waals surface area contributed by atoms with E-state index in [1.54, 1.807) is 13.0 Å². The van der Waals surface area contributed by atoms with Gasteiger partial charge in [0.15, 0.2) is 5.78 Å². The Balaban J connectivity index is 3.06. The Bertz CT molecular complexity index is 352. The van der Waals surface area contributed by atoms with E-state index in [2.05, 4.69) is 28.6 Å². The molecule has 0 aliphatic rings. The summed E-state index contributed by atoms with van der Waals surface area (Å²) in [5.41, 5.74) is 1.64. The fourth-order valence-corrected chi connectivity index (χ4v) is 2.10. The molecule has 0 amide bonds. The smallest absolute Gasteiger partial charge is 0.180 e. The first-order valence-corrected chi connectivity index (χ1v) is 6.13. The number of carbonyl (C=O) groups excluding carboxylic acids is 1. The van der Waals surface area contributed by atoms with Crippen LogP contribution in [0.2, 0.25) is 0 Å². The van der Waals surface area contributed by atoms with Gasteiger partial charge in [-0.25, -0.2) is 0 Å². The van der Waals surface area contributed by atoms with E-state index in [9.17, 15) is 4.79 Å². The van der Waals surface area contributed by atoms with Crippen molar-refractivity contribution in [1.82, 2.24) is 0 Å². The van der Waals surface area contributed by atoms with Crippen molar-refractivity contribution in [1.29, 1.82) is 0 Å². The molecule has 1 nitrogen and oxygen atoms in total. The summed E-state index contributed by atoms with van der Waals surface area (Å²) in [5.74, 6) is -0.0535. The van der Waals surface area contributed by atoms with Crippen LogP contribution in [0.3, 0.4) is 0 Å².